The first-order valence-corrected chi connectivity index (χ1v) is 5.08. The lowest BCUT2D eigenvalue weighted by atomic mass is 10.3. The molecule has 78 valence electrons. The number of rotatable bonds is 2. The van der Waals surface area contributed by atoms with Gasteiger partial charge >= 0.3 is 0 Å². The van der Waals surface area contributed by atoms with E-state index in [-0.39, 0.29) is 5.56 Å². The highest BCUT2D eigenvalue weighted by Crippen LogP contribution is 2.04. The van der Waals surface area contributed by atoms with Crippen LogP contribution in [0.3, 0.4) is 0 Å². The van der Waals surface area contributed by atoms with Crippen LogP contribution >= 0.6 is 15.9 Å². The smallest absolute Gasteiger partial charge is 0.268 e. The second-order valence-electron chi connectivity index (χ2n) is 3.08. The van der Waals surface area contributed by atoms with E-state index in [0.717, 1.165) is 5.56 Å². The van der Waals surface area contributed by atoms with Crippen molar-refractivity contribution in [3.8, 4) is 0 Å². The summed E-state index contributed by atoms with van der Waals surface area (Å²) < 4.78 is 6.70. The summed E-state index contributed by atoms with van der Waals surface area (Å²) in [5.41, 5.74) is 0.726. The highest BCUT2D eigenvalue weighted by Gasteiger charge is 2.06. The van der Waals surface area contributed by atoms with E-state index in [1.165, 1.54) is 12.5 Å². The molecule has 0 spiro atoms. The van der Waals surface area contributed by atoms with Gasteiger partial charge in [-0.15, -0.1) is 0 Å². The molecular formula is C9H8BrN3O2. The maximum atomic E-state index is 11.7. The van der Waals surface area contributed by atoms with E-state index in [4.69, 9.17) is 4.52 Å². The Bertz CT molecular complexity index is 519. The second kappa shape index (κ2) is 3.98. The molecule has 0 aliphatic rings. The van der Waals surface area contributed by atoms with Gasteiger partial charge in [-0.3, -0.25) is 9.36 Å². The average molecular weight is 270 g/mol. The predicted molar refractivity (Wildman–Crippen MR) is 56.5 cm³/mol. The van der Waals surface area contributed by atoms with E-state index < -0.39 is 0 Å². The highest BCUT2D eigenvalue weighted by atomic mass is 79.9. The number of halogens is 1. The molecule has 5 nitrogen and oxygen atoms in total. The molecule has 2 aromatic rings. The quantitative estimate of drug-likeness (QED) is 0.826. The predicted octanol–water partition coefficient (Wildman–Crippen LogP) is 1.35. The topological polar surface area (TPSA) is 60.9 Å². The lowest BCUT2D eigenvalue weighted by Crippen LogP contribution is -2.24. The van der Waals surface area contributed by atoms with Gasteiger partial charge in [0, 0.05) is 11.8 Å². The van der Waals surface area contributed by atoms with Crippen molar-refractivity contribution in [1.82, 2.24) is 14.7 Å². The van der Waals surface area contributed by atoms with E-state index in [1.807, 2.05) is 0 Å². The monoisotopic (exact) mass is 269 g/mol. The van der Waals surface area contributed by atoms with Crippen molar-refractivity contribution in [1.29, 1.82) is 0 Å². The van der Waals surface area contributed by atoms with Crippen LogP contribution in [0.25, 0.3) is 0 Å². The SMILES string of the molecule is Cc1ncc(Br)c(=O)n1Cc1cnoc1. The summed E-state index contributed by atoms with van der Waals surface area (Å²) in [5, 5.41) is 3.58. The Hall–Kier alpha value is -1.43. The molecule has 2 rings (SSSR count). The minimum Gasteiger partial charge on any atom is -0.364 e. The van der Waals surface area contributed by atoms with Crippen LogP contribution in [0.4, 0.5) is 0 Å². The zero-order chi connectivity index (χ0) is 10.8. The van der Waals surface area contributed by atoms with E-state index in [2.05, 4.69) is 26.1 Å². The van der Waals surface area contributed by atoms with Crippen molar-refractivity contribution in [2.45, 2.75) is 13.5 Å². The van der Waals surface area contributed by atoms with Crippen molar-refractivity contribution in [2.75, 3.05) is 0 Å². The molecule has 0 unspecified atom stereocenters. The summed E-state index contributed by atoms with van der Waals surface area (Å²) in [6.07, 6.45) is 4.58. The number of aromatic nitrogens is 3. The van der Waals surface area contributed by atoms with Gasteiger partial charge in [-0.2, -0.15) is 0 Å². The fourth-order valence-electron chi connectivity index (χ4n) is 1.22. The third-order valence-electron chi connectivity index (χ3n) is 2.03. The van der Waals surface area contributed by atoms with Crippen LogP contribution in [0.15, 0.2) is 32.4 Å². The largest absolute Gasteiger partial charge is 0.364 e. The van der Waals surface area contributed by atoms with Crippen molar-refractivity contribution >= 4 is 15.9 Å². The minimum absolute atomic E-state index is 0.108. The molecule has 0 amide bonds. The van der Waals surface area contributed by atoms with Gasteiger partial charge in [-0.1, -0.05) is 5.16 Å². The van der Waals surface area contributed by atoms with E-state index >= 15 is 0 Å². The summed E-state index contributed by atoms with van der Waals surface area (Å²) in [6, 6.07) is 0. The number of hydrogen-bond acceptors (Lipinski definition) is 4. The van der Waals surface area contributed by atoms with Crippen LogP contribution in [0.2, 0.25) is 0 Å². The molecule has 0 aromatic carbocycles. The molecule has 6 heteroatoms. The van der Waals surface area contributed by atoms with Crippen molar-refractivity contribution in [2.24, 2.45) is 0 Å². The molecule has 0 saturated carbocycles. The van der Waals surface area contributed by atoms with Gasteiger partial charge in [0.1, 0.15) is 16.6 Å². The Labute approximate surface area is 93.9 Å². The van der Waals surface area contributed by atoms with Gasteiger partial charge in [0.2, 0.25) is 0 Å². The van der Waals surface area contributed by atoms with Crippen LogP contribution < -0.4 is 5.56 Å². The summed E-state index contributed by atoms with van der Waals surface area (Å²) >= 11 is 3.15. The van der Waals surface area contributed by atoms with Crippen LogP contribution in [0.5, 0.6) is 0 Å². The third-order valence-corrected chi connectivity index (χ3v) is 2.57. The fraction of sp³-hybridized carbons (Fsp3) is 0.222. The number of hydrogen-bond donors (Lipinski definition) is 0. The lowest BCUT2D eigenvalue weighted by Gasteiger charge is -2.06. The highest BCUT2D eigenvalue weighted by molar-refractivity contribution is 9.10. The molecule has 0 aliphatic carbocycles. The Kier molecular flexibility index (Phi) is 2.68. The van der Waals surface area contributed by atoms with E-state index in [9.17, 15) is 4.79 Å². The molecule has 2 aromatic heterocycles. The van der Waals surface area contributed by atoms with E-state index in [1.54, 1.807) is 17.7 Å². The van der Waals surface area contributed by atoms with Gasteiger partial charge < -0.3 is 4.52 Å². The first-order valence-electron chi connectivity index (χ1n) is 4.28. The Balaban J connectivity index is 2.44. The Morgan fingerprint density at radius 1 is 1.53 bits per heavy atom. The molecular weight excluding hydrogens is 262 g/mol. The van der Waals surface area contributed by atoms with Crippen LogP contribution in [0, 0.1) is 6.92 Å². The van der Waals surface area contributed by atoms with Gasteiger partial charge in [-0.05, 0) is 22.9 Å². The van der Waals surface area contributed by atoms with E-state index in [0.29, 0.717) is 16.8 Å². The van der Waals surface area contributed by atoms with Gasteiger partial charge in [0.05, 0.1) is 12.7 Å². The molecule has 2 heterocycles. The molecule has 0 fully saturated rings. The summed E-state index contributed by atoms with van der Waals surface area (Å²) in [4.78, 5) is 15.8. The molecule has 0 saturated heterocycles. The maximum Gasteiger partial charge on any atom is 0.268 e. The summed E-state index contributed by atoms with van der Waals surface area (Å²) in [7, 11) is 0. The normalized spacial score (nSPS) is 10.5. The van der Waals surface area contributed by atoms with Crippen molar-refractivity contribution in [3.63, 3.8) is 0 Å². The van der Waals surface area contributed by atoms with Crippen molar-refractivity contribution in [3.05, 3.63) is 44.9 Å². The third kappa shape index (κ3) is 1.99. The number of aryl methyl sites for hydroxylation is 1. The van der Waals surface area contributed by atoms with Gasteiger partial charge in [-0.25, -0.2) is 4.98 Å². The van der Waals surface area contributed by atoms with Crippen molar-refractivity contribution < 1.29 is 4.52 Å². The maximum absolute atomic E-state index is 11.7. The Morgan fingerprint density at radius 3 is 3.00 bits per heavy atom. The molecule has 0 N–H and O–H groups in total. The molecule has 0 radical (unpaired) electrons. The van der Waals surface area contributed by atoms with Gasteiger partial charge in [0.25, 0.3) is 5.56 Å². The van der Waals surface area contributed by atoms with Crippen LogP contribution in [-0.2, 0) is 6.54 Å². The zero-order valence-electron chi connectivity index (χ0n) is 7.98. The zero-order valence-corrected chi connectivity index (χ0v) is 9.56. The lowest BCUT2D eigenvalue weighted by molar-refractivity contribution is 0.418. The Morgan fingerprint density at radius 2 is 2.33 bits per heavy atom. The fourth-order valence-corrected chi connectivity index (χ4v) is 1.54. The first kappa shape index (κ1) is 10.1. The molecule has 0 atom stereocenters. The second-order valence-corrected chi connectivity index (χ2v) is 3.93. The summed E-state index contributed by atoms with van der Waals surface area (Å²) in [6.45, 7) is 2.20. The average Bonchev–Trinajstić information content (AvgIpc) is 2.71. The first-order chi connectivity index (χ1) is 7.18. The van der Waals surface area contributed by atoms with Gasteiger partial charge in [0.15, 0.2) is 0 Å². The molecule has 15 heavy (non-hydrogen) atoms. The molecule has 0 bridgehead atoms. The standard InChI is InChI=1S/C9H8BrN3O2/c1-6-11-3-8(10)9(14)13(6)4-7-2-12-15-5-7/h2-3,5H,4H2,1H3. The van der Waals surface area contributed by atoms with Crippen LogP contribution in [0.1, 0.15) is 11.4 Å². The minimum atomic E-state index is -0.108. The molecule has 0 aliphatic heterocycles. The van der Waals surface area contributed by atoms with Crippen LogP contribution in [-0.4, -0.2) is 14.7 Å². The number of nitrogens with zero attached hydrogens (tertiary/aromatic N) is 3. The summed E-state index contributed by atoms with van der Waals surface area (Å²) in [5.74, 6) is 0.657.